The molecule has 8 nitrogen and oxygen atoms in total. The van der Waals surface area contributed by atoms with E-state index < -0.39 is 30.1 Å². The van der Waals surface area contributed by atoms with Crippen molar-refractivity contribution in [2.75, 3.05) is 19.4 Å². The summed E-state index contributed by atoms with van der Waals surface area (Å²) in [5.41, 5.74) is 2.70. The summed E-state index contributed by atoms with van der Waals surface area (Å²) < 4.78 is 51.8. The highest BCUT2D eigenvalue weighted by Crippen LogP contribution is 2.35. The monoisotopic (exact) mass is 451 g/mol. The van der Waals surface area contributed by atoms with Gasteiger partial charge >= 0.3 is 0 Å². The van der Waals surface area contributed by atoms with Gasteiger partial charge in [0.05, 0.1) is 29.3 Å². The first-order valence-electron chi connectivity index (χ1n) is 9.80. The fourth-order valence-electron chi connectivity index (χ4n) is 3.30. The Bertz CT molecular complexity index is 1010. The van der Waals surface area contributed by atoms with E-state index in [1.54, 1.807) is 27.9 Å². The number of anilines is 1. The molecule has 0 saturated carbocycles. The van der Waals surface area contributed by atoms with Crippen LogP contribution in [0.2, 0.25) is 0 Å². The van der Waals surface area contributed by atoms with Gasteiger partial charge in [0.15, 0.2) is 0 Å². The molecule has 2 aromatic rings. The Morgan fingerprint density at radius 1 is 1.19 bits per heavy atom. The summed E-state index contributed by atoms with van der Waals surface area (Å²) >= 11 is 0. The Balaban J connectivity index is 1.98. The van der Waals surface area contributed by atoms with E-state index in [2.05, 4.69) is 20.7 Å². The largest absolute Gasteiger partial charge is 0.455 e. The number of aryl methyl sites for hydroxylation is 1. The first kappa shape index (κ1) is 23.3. The van der Waals surface area contributed by atoms with E-state index in [-0.39, 0.29) is 23.7 Å². The van der Waals surface area contributed by atoms with Gasteiger partial charge in [0.1, 0.15) is 30.0 Å². The summed E-state index contributed by atoms with van der Waals surface area (Å²) in [6, 6.07) is 3.10. The molecule has 0 unspecified atom stereocenters. The molecule has 0 radical (unpaired) electrons. The van der Waals surface area contributed by atoms with Gasteiger partial charge in [-0.15, -0.1) is 0 Å². The van der Waals surface area contributed by atoms with Crippen molar-refractivity contribution in [1.82, 2.24) is 20.4 Å². The van der Waals surface area contributed by atoms with Crippen LogP contribution in [0.4, 0.5) is 19.0 Å². The summed E-state index contributed by atoms with van der Waals surface area (Å²) in [4.78, 5) is 21.1. The second-order valence-electron chi connectivity index (χ2n) is 7.38. The van der Waals surface area contributed by atoms with Crippen LogP contribution >= 0.6 is 0 Å². The Labute approximate surface area is 183 Å². The van der Waals surface area contributed by atoms with Gasteiger partial charge in [-0.1, -0.05) is 18.2 Å². The van der Waals surface area contributed by atoms with Gasteiger partial charge in [0.2, 0.25) is 5.91 Å². The van der Waals surface area contributed by atoms with E-state index in [9.17, 15) is 18.0 Å². The molecule has 1 aliphatic rings. The van der Waals surface area contributed by atoms with E-state index in [4.69, 9.17) is 9.47 Å². The lowest BCUT2D eigenvalue weighted by Gasteiger charge is -2.23. The molecule has 1 aliphatic heterocycles. The third-order valence-corrected chi connectivity index (χ3v) is 4.62. The molecule has 1 aromatic heterocycles. The zero-order valence-electron chi connectivity index (χ0n) is 18.0. The van der Waals surface area contributed by atoms with Crippen molar-refractivity contribution < 1.29 is 27.4 Å². The fraction of sp³-hybridized carbons (Fsp3) is 0.381. The van der Waals surface area contributed by atoms with E-state index in [1.165, 1.54) is 29.7 Å². The van der Waals surface area contributed by atoms with Gasteiger partial charge < -0.3 is 14.8 Å². The highest BCUT2D eigenvalue weighted by atomic mass is 19.3. The Kier molecular flexibility index (Phi) is 7.18. The predicted octanol–water partition coefficient (Wildman–Crippen LogP) is 3.69. The molecule has 0 saturated heterocycles. The minimum Gasteiger partial charge on any atom is -0.455 e. The first-order chi connectivity index (χ1) is 15.2. The van der Waals surface area contributed by atoms with Crippen LogP contribution in [0.25, 0.3) is 0 Å². The van der Waals surface area contributed by atoms with Crippen LogP contribution in [-0.4, -0.2) is 35.0 Å². The van der Waals surface area contributed by atoms with Crippen LogP contribution in [0, 0.1) is 12.7 Å². The summed E-state index contributed by atoms with van der Waals surface area (Å²) in [6.07, 6.45) is -1.28. The lowest BCUT2D eigenvalue weighted by Crippen LogP contribution is -2.37. The number of nitrogens with zero attached hydrogens (tertiary/aromatic N) is 3. The second-order valence-corrected chi connectivity index (χ2v) is 7.38. The van der Waals surface area contributed by atoms with Crippen molar-refractivity contribution in [3.8, 4) is 0 Å². The number of hydrogen-bond acceptors (Lipinski definition) is 7. The van der Waals surface area contributed by atoms with E-state index in [0.29, 0.717) is 17.1 Å². The number of hydrogen-bond donors (Lipinski definition) is 2. The topological polar surface area (TPSA) is 88.6 Å². The molecule has 1 atom stereocenters. The Morgan fingerprint density at radius 3 is 2.47 bits per heavy atom. The second kappa shape index (κ2) is 9.86. The van der Waals surface area contributed by atoms with Crippen LogP contribution in [0.1, 0.15) is 53.9 Å². The first-order valence-corrected chi connectivity index (χ1v) is 9.80. The van der Waals surface area contributed by atoms with Crippen LogP contribution < -0.4 is 10.7 Å². The molecule has 3 rings (SSSR count). The van der Waals surface area contributed by atoms with E-state index in [1.807, 2.05) is 0 Å². The van der Waals surface area contributed by atoms with Crippen molar-refractivity contribution in [2.24, 2.45) is 0 Å². The average molecular weight is 451 g/mol. The minimum atomic E-state index is -2.94. The molecule has 0 aliphatic carbocycles. The van der Waals surface area contributed by atoms with Gasteiger partial charge in [0.25, 0.3) is 12.7 Å². The molecular formula is C21H24F3N5O3. The van der Waals surface area contributed by atoms with Gasteiger partial charge in [-0.2, -0.15) is 0 Å². The molecule has 0 fully saturated rings. The summed E-state index contributed by atoms with van der Waals surface area (Å²) in [7, 11) is 3.35. The van der Waals surface area contributed by atoms with Crippen LogP contribution in [0.15, 0.2) is 30.7 Å². The van der Waals surface area contributed by atoms with Crippen LogP contribution in [0.5, 0.6) is 0 Å². The maximum atomic E-state index is 14.7. The number of benzene rings is 1. The number of hydrazine groups is 1. The molecule has 0 bridgehead atoms. The number of aromatic nitrogens is 2. The average Bonchev–Trinajstić information content (AvgIpc) is 3.21. The zero-order chi connectivity index (χ0) is 23.4. The SMILES string of the molecule is Cc1nc(CC(=O)NN(C)C)c(C2OC=CO2)c(N[C@H](C)c2cccc(C(F)F)c2F)n1. The lowest BCUT2D eigenvalue weighted by molar-refractivity contribution is -0.124. The lowest BCUT2D eigenvalue weighted by atomic mass is 10.0. The summed E-state index contributed by atoms with van der Waals surface area (Å²) in [5, 5.41) is 4.54. The summed E-state index contributed by atoms with van der Waals surface area (Å²) in [6.45, 7) is 3.25. The highest BCUT2D eigenvalue weighted by molar-refractivity contribution is 5.78. The number of rotatable bonds is 8. The van der Waals surface area contributed by atoms with Gasteiger partial charge in [-0.25, -0.2) is 28.1 Å². The standard InChI is InChI=1S/C21H24F3N5O3/c1-11(13-6-5-7-14(18(13)22)19(23)24)25-20-17(21-31-8-9-32-21)15(26-12(2)27-20)10-16(30)28-29(3)4/h5-9,11,19,21H,10H2,1-4H3,(H,28,30)(H,25,26,27)/t11-/m1/s1. The zero-order valence-corrected chi connectivity index (χ0v) is 18.0. The number of amides is 1. The van der Waals surface area contributed by atoms with Crippen molar-refractivity contribution in [2.45, 2.75) is 39.0 Å². The molecule has 0 spiro atoms. The van der Waals surface area contributed by atoms with Crippen LogP contribution in [-0.2, 0) is 20.7 Å². The number of carbonyl (C=O) groups excluding carboxylic acids is 1. The minimum absolute atomic E-state index is 0.0447. The van der Waals surface area contributed by atoms with E-state index in [0.717, 1.165) is 6.07 Å². The smallest absolute Gasteiger partial charge is 0.271 e. The van der Waals surface area contributed by atoms with Gasteiger partial charge in [0, 0.05) is 19.7 Å². The number of ether oxygens (including phenoxy) is 2. The van der Waals surface area contributed by atoms with Crippen molar-refractivity contribution in [3.05, 3.63) is 64.7 Å². The third kappa shape index (κ3) is 5.28. The number of alkyl halides is 2. The quantitative estimate of drug-likeness (QED) is 0.592. The van der Waals surface area contributed by atoms with Gasteiger partial charge in [-0.3, -0.25) is 10.2 Å². The van der Waals surface area contributed by atoms with Crippen LogP contribution in [0.3, 0.4) is 0 Å². The molecule has 172 valence electrons. The number of halogens is 3. The number of carbonyl (C=O) groups is 1. The van der Waals surface area contributed by atoms with Crippen molar-refractivity contribution >= 4 is 11.7 Å². The Morgan fingerprint density at radius 2 is 1.84 bits per heavy atom. The highest BCUT2D eigenvalue weighted by Gasteiger charge is 2.29. The molecule has 2 N–H and O–H groups in total. The maximum absolute atomic E-state index is 14.7. The molecular weight excluding hydrogens is 427 g/mol. The molecule has 11 heteroatoms. The Hall–Kier alpha value is -3.34. The predicted molar refractivity (Wildman–Crippen MR) is 110 cm³/mol. The van der Waals surface area contributed by atoms with E-state index >= 15 is 0 Å². The third-order valence-electron chi connectivity index (χ3n) is 4.62. The van der Waals surface area contributed by atoms with Crippen molar-refractivity contribution in [3.63, 3.8) is 0 Å². The van der Waals surface area contributed by atoms with Gasteiger partial charge in [-0.05, 0) is 13.8 Å². The number of nitrogens with one attached hydrogen (secondary N) is 2. The normalized spacial score (nSPS) is 14.4. The van der Waals surface area contributed by atoms with Crippen molar-refractivity contribution in [1.29, 1.82) is 0 Å². The fourth-order valence-corrected chi connectivity index (χ4v) is 3.30. The molecule has 2 heterocycles. The molecule has 1 aromatic carbocycles. The molecule has 1 amide bonds. The summed E-state index contributed by atoms with van der Waals surface area (Å²) in [5.74, 6) is -0.720. The molecule has 32 heavy (non-hydrogen) atoms. The maximum Gasteiger partial charge on any atom is 0.271 e.